The van der Waals surface area contributed by atoms with E-state index in [4.69, 9.17) is 4.74 Å². The van der Waals surface area contributed by atoms with E-state index in [2.05, 4.69) is 41.0 Å². The van der Waals surface area contributed by atoms with Gasteiger partial charge < -0.3 is 14.5 Å². The van der Waals surface area contributed by atoms with E-state index in [9.17, 15) is 0 Å². The first-order valence-corrected chi connectivity index (χ1v) is 9.69. The van der Waals surface area contributed by atoms with Gasteiger partial charge in [0.25, 0.3) is 0 Å². The van der Waals surface area contributed by atoms with Crippen LogP contribution in [0, 0.1) is 5.92 Å². The molecule has 1 aliphatic carbocycles. The largest absolute Gasteiger partial charge is 0.378 e. The molecule has 23 heavy (non-hydrogen) atoms. The van der Waals surface area contributed by atoms with E-state index in [0.717, 1.165) is 32.2 Å². The molecule has 3 aliphatic rings. The molecule has 1 aromatic heterocycles. The third-order valence-electron chi connectivity index (χ3n) is 6.03. The lowest BCUT2D eigenvalue weighted by molar-refractivity contribution is 0.122. The standard InChI is InChI=1S/C19H24N2OS/c1-2-20-12-15-11-19(15,13-20)18-10-14-9-16(3-4-17(14)23-18)21-5-7-22-8-6-21/h3-4,9-10,15H,2,5-8,11-13H2,1H3. The minimum absolute atomic E-state index is 0.499. The van der Waals surface area contributed by atoms with Crippen molar-refractivity contribution in [2.24, 2.45) is 5.92 Å². The van der Waals surface area contributed by atoms with Gasteiger partial charge in [0.2, 0.25) is 0 Å². The Hall–Kier alpha value is -1.10. The molecule has 3 nitrogen and oxygen atoms in total. The molecule has 2 saturated heterocycles. The molecule has 3 fully saturated rings. The number of hydrogen-bond acceptors (Lipinski definition) is 4. The van der Waals surface area contributed by atoms with Crippen LogP contribution in [0.2, 0.25) is 0 Å². The topological polar surface area (TPSA) is 15.7 Å². The molecule has 0 N–H and O–H groups in total. The van der Waals surface area contributed by atoms with Crippen LogP contribution < -0.4 is 4.90 Å². The zero-order valence-corrected chi connectivity index (χ0v) is 14.6. The second-order valence-electron chi connectivity index (χ2n) is 7.32. The minimum atomic E-state index is 0.499. The van der Waals surface area contributed by atoms with Gasteiger partial charge in [-0.15, -0.1) is 11.3 Å². The van der Waals surface area contributed by atoms with Gasteiger partial charge in [-0.2, -0.15) is 0 Å². The van der Waals surface area contributed by atoms with E-state index in [1.807, 2.05) is 11.3 Å². The molecule has 0 radical (unpaired) electrons. The maximum absolute atomic E-state index is 5.48. The Morgan fingerprint density at radius 3 is 2.91 bits per heavy atom. The first-order valence-electron chi connectivity index (χ1n) is 8.88. The van der Waals surface area contributed by atoms with E-state index >= 15 is 0 Å². The maximum Gasteiger partial charge on any atom is 0.0642 e. The van der Waals surface area contributed by atoms with Crippen LogP contribution in [-0.4, -0.2) is 50.8 Å². The van der Waals surface area contributed by atoms with Crippen molar-refractivity contribution < 1.29 is 4.74 Å². The van der Waals surface area contributed by atoms with Gasteiger partial charge in [0.15, 0.2) is 0 Å². The normalized spacial score (nSPS) is 30.8. The summed E-state index contributed by atoms with van der Waals surface area (Å²) in [6, 6.07) is 9.50. The number of thiophene rings is 1. The molecule has 0 spiro atoms. The molecule has 1 aromatic carbocycles. The Balaban J connectivity index is 1.46. The van der Waals surface area contributed by atoms with Crippen molar-refractivity contribution in [3.05, 3.63) is 29.1 Å². The van der Waals surface area contributed by atoms with Crippen molar-refractivity contribution in [2.45, 2.75) is 18.8 Å². The molecule has 0 bridgehead atoms. The van der Waals surface area contributed by atoms with E-state index in [0.29, 0.717) is 5.41 Å². The summed E-state index contributed by atoms with van der Waals surface area (Å²) in [6.45, 7) is 9.80. The van der Waals surface area contributed by atoms with Crippen LogP contribution >= 0.6 is 11.3 Å². The highest BCUT2D eigenvalue weighted by Crippen LogP contribution is 2.60. The van der Waals surface area contributed by atoms with E-state index in [1.54, 1.807) is 4.88 Å². The zero-order valence-electron chi connectivity index (χ0n) is 13.8. The SMILES string of the molecule is CCN1CC2CC2(c2cc3cc(N4CCOCC4)ccc3s2)C1. The number of likely N-dealkylation sites (N-methyl/N-ethyl adjacent to an activating group) is 1. The number of rotatable bonds is 3. The van der Waals surface area contributed by atoms with Crippen LogP contribution in [0.4, 0.5) is 5.69 Å². The van der Waals surface area contributed by atoms with Crippen molar-refractivity contribution in [1.29, 1.82) is 0 Å². The number of morpholine rings is 1. The first-order chi connectivity index (χ1) is 11.3. The van der Waals surface area contributed by atoms with Gasteiger partial charge in [0.1, 0.15) is 0 Å². The summed E-state index contributed by atoms with van der Waals surface area (Å²) in [5.41, 5.74) is 1.86. The second kappa shape index (κ2) is 5.20. The lowest BCUT2D eigenvalue weighted by Crippen LogP contribution is -2.36. The number of piperidine rings is 1. The number of fused-ring (bicyclic) bond motifs is 2. The smallest absolute Gasteiger partial charge is 0.0642 e. The number of ether oxygens (including phenoxy) is 1. The monoisotopic (exact) mass is 328 g/mol. The van der Waals surface area contributed by atoms with Gasteiger partial charge >= 0.3 is 0 Å². The van der Waals surface area contributed by atoms with E-state index in [1.165, 1.54) is 41.8 Å². The number of anilines is 1. The summed E-state index contributed by atoms with van der Waals surface area (Å²) in [5, 5.41) is 1.43. The van der Waals surface area contributed by atoms with Crippen LogP contribution in [0.5, 0.6) is 0 Å². The highest BCUT2D eigenvalue weighted by Gasteiger charge is 2.61. The summed E-state index contributed by atoms with van der Waals surface area (Å²) < 4.78 is 6.93. The molecule has 5 rings (SSSR count). The first kappa shape index (κ1) is 14.3. The summed E-state index contributed by atoms with van der Waals surface area (Å²) in [7, 11) is 0. The third kappa shape index (κ3) is 2.23. The Bertz CT molecular complexity index is 736. The van der Waals surface area contributed by atoms with Crippen molar-refractivity contribution in [2.75, 3.05) is 50.8 Å². The summed E-state index contributed by atoms with van der Waals surface area (Å²) in [5.74, 6) is 0.911. The van der Waals surface area contributed by atoms with Gasteiger partial charge in [-0.1, -0.05) is 6.92 Å². The Labute approximate surface area is 141 Å². The second-order valence-corrected chi connectivity index (χ2v) is 8.40. The molecular weight excluding hydrogens is 304 g/mol. The van der Waals surface area contributed by atoms with Gasteiger partial charge in [-0.3, -0.25) is 0 Å². The molecule has 2 atom stereocenters. The molecule has 122 valence electrons. The third-order valence-corrected chi connectivity index (χ3v) is 7.37. The van der Waals surface area contributed by atoms with Crippen molar-refractivity contribution >= 4 is 27.1 Å². The number of hydrogen-bond donors (Lipinski definition) is 0. The van der Waals surface area contributed by atoms with Gasteiger partial charge in [-0.05, 0) is 48.5 Å². The predicted molar refractivity (Wildman–Crippen MR) is 96.8 cm³/mol. The van der Waals surface area contributed by atoms with Gasteiger partial charge in [0, 0.05) is 46.9 Å². The Morgan fingerprint density at radius 2 is 2.13 bits per heavy atom. The molecule has 4 heteroatoms. The van der Waals surface area contributed by atoms with Crippen molar-refractivity contribution in [3.8, 4) is 0 Å². The van der Waals surface area contributed by atoms with Crippen LogP contribution in [0.15, 0.2) is 24.3 Å². The zero-order chi connectivity index (χ0) is 15.4. The minimum Gasteiger partial charge on any atom is -0.378 e. The maximum atomic E-state index is 5.48. The fourth-order valence-corrected chi connectivity index (χ4v) is 5.82. The van der Waals surface area contributed by atoms with Crippen LogP contribution in [0.3, 0.4) is 0 Å². The molecular formula is C19H24N2OS. The summed E-state index contributed by atoms with van der Waals surface area (Å²) in [6.07, 6.45) is 1.41. The highest BCUT2D eigenvalue weighted by atomic mass is 32.1. The van der Waals surface area contributed by atoms with Gasteiger partial charge in [0.05, 0.1) is 13.2 Å². The number of nitrogens with zero attached hydrogens (tertiary/aromatic N) is 2. The molecule has 1 saturated carbocycles. The molecule has 2 aliphatic heterocycles. The highest BCUT2D eigenvalue weighted by molar-refractivity contribution is 7.19. The van der Waals surface area contributed by atoms with Crippen LogP contribution in [0.1, 0.15) is 18.2 Å². The Kier molecular flexibility index (Phi) is 3.22. The average Bonchev–Trinajstić information content (AvgIpc) is 2.98. The van der Waals surface area contributed by atoms with Gasteiger partial charge in [-0.25, -0.2) is 0 Å². The number of benzene rings is 1. The number of likely N-dealkylation sites (tertiary alicyclic amines) is 1. The van der Waals surface area contributed by atoms with E-state index in [-0.39, 0.29) is 0 Å². The molecule has 2 aromatic rings. The summed E-state index contributed by atoms with van der Waals surface area (Å²) >= 11 is 2.03. The van der Waals surface area contributed by atoms with Crippen LogP contribution in [0.25, 0.3) is 10.1 Å². The molecule has 3 heterocycles. The lowest BCUT2D eigenvalue weighted by atomic mass is 10.0. The lowest BCUT2D eigenvalue weighted by Gasteiger charge is -2.28. The fraction of sp³-hybridized carbons (Fsp3) is 0.579. The summed E-state index contributed by atoms with van der Waals surface area (Å²) in [4.78, 5) is 6.71. The molecule has 2 unspecified atom stereocenters. The quantitative estimate of drug-likeness (QED) is 0.859. The predicted octanol–water partition coefficient (Wildman–Crippen LogP) is 3.33. The van der Waals surface area contributed by atoms with E-state index < -0.39 is 0 Å². The Morgan fingerprint density at radius 1 is 1.26 bits per heavy atom. The van der Waals surface area contributed by atoms with Crippen molar-refractivity contribution in [3.63, 3.8) is 0 Å². The average molecular weight is 328 g/mol. The van der Waals surface area contributed by atoms with Crippen LogP contribution in [-0.2, 0) is 10.2 Å². The fourth-order valence-electron chi connectivity index (χ4n) is 4.50. The van der Waals surface area contributed by atoms with Crippen molar-refractivity contribution in [1.82, 2.24) is 4.90 Å². The molecule has 0 amide bonds.